The van der Waals surface area contributed by atoms with Crippen LogP contribution in [0.15, 0.2) is 0 Å². The number of primary amides is 1. The summed E-state index contributed by atoms with van der Waals surface area (Å²) in [6.45, 7) is 1.68. The second-order valence-corrected chi connectivity index (χ2v) is 3.42. The molecular weight excluding hydrogens is 174 g/mol. The fourth-order valence-corrected chi connectivity index (χ4v) is 1.07. The Morgan fingerprint density at radius 2 is 2.25 bits per heavy atom. The maximum absolute atomic E-state index is 10.6. The Labute approximate surface area is 76.9 Å². The number of hydrogen-bond donors (Lipinski definition) is 3. The van der Waals surface area contributed by atoms with Crippen LogP contribution in [0.2, 0.25) is 0 Å². The monoisotopic (exact) mass is 187 g/mol. The van der Waals surface area contributed by atoms with Crippen LogP contribution in [-0.2, 0) is 4.79 Å². The first-order valence-electron chi connectivity index (χ1n) is 3.96. The van der Waals surface area contributed by atoms with Crippen LogP contribution in [0.5, 0.6) is 0 Å². The Bertz CT molecular complexity index is 203. The highest BCUT2D eigenvalue weighted by atomic mass is 32.1. The van der Waals surface area contributed by atoms with Crippen molar-refractivity contribution in [2.24, 2.45) is 5.73 Å². The fraction of sp³-hybridized carbons (Fsp3) is 0.714. The molecule has 0 spiro atoms. The van der Waals surface area contributed by atoms with E-state index in [4.69, 9.17) is 18.0 Å². The maximum Gasteiger partial charge on any atom is 0.239 e. The molecule has 1 atom stereocenters. The number of carbonyl (C=O) groups is 1. The van der Waals surface area contributed by atoms with Crippen LogP contribution < -0.4 is 16.4 Å². The SMILES string of the molecule is CC(NC(=S)NC1CC1)C(N)=O. The Morgan fingerprint density at radius 1 is 1.67 bits per heavy atom. The molecule has 1 amide bonds. The summed E-state index contributed by atoms with van der Waals surface area (Å²) < 4.78 is 0. The van der Waals surface area contributed by atoms with E-state index in [2.05, 4.69) is 10.6 Å². The zero-order valence-corrected chi connectivity index (χ0v) is 7.78. The van der Waals surface area contributed by atoms with E-state index < -0.39 is 11.9 Å². The highest BCUT2D eigenvalue weighted by Crippen LogP contribution is 2.18. The van der Waals surface area contributed by atoms with Gasteiger partial charge in [0, 0.05) is 6.04 Å². The zero-order valence-electron chi connectivity index (χ0n) is 6.96. The third kappa shape index (κ3) is 3.04. The van der Waals surface area contributed by atoms with Gasteiger partial charge >= 0.3 is 0 Å². The van der Waals surface area contributed by atoms with Crippen molar-refractivity contribution in [2.45, 2.75) is 31.8 Å². The number of thiocarbonyl (C=S) groups is 1. The van der Waals surface area contributed by atoms with Gasteiger partial charge in [0.2, 0.25) is 5.91 Å². The molecule has 1 saturated carbocycles. The van der Waals surface area contributed by atoms with Crippen LogP contribution in [0.4, 0.5) is 0 Å². The fourth-order valence-electron chi connectivity index (χ4n) is 0.723. The summed E-state index contributed by atoms with van der Waals surface area (Å²) in [5, 5.41) is 6.37. The molecule has 0 aliphatic heterocycles. The topological polar surface area (TPSA) is 67.2 Å². The second kappa shape index (κ2) is 3.71. The minimum atomic E-state index is -0.399. The summed E-state index contributed by atoms with van der Waals surface area (Å²) in [5.41, 5.74) is 5.04. The van der Waals surface area contributed by atoms with Gasteiger partial charge < -0.3 is 16.4 Å². The third-order valence-corrected chi connectivity index (χ3v) is 1.92. The molecule has 5 heteroatoms. The molecule has 1 rings (SSSR count). The summed E-state index contributed by atoms with van der Waals surface area (Å²) in [5.74, 6) is -0.394. The molecule has 4 nitrogen and oxygen atoms in total. The van der Waals surface area contributed by atoms with Crippen LogP contribution in [0, 0.1) is 0 Å². The summed E-state index contributed by atoms with van der Waals surface area (Å²) in [7, 11) is 0. The molecule has 0 saturated heterocycles. The predicted molar refractivity (Wildman–Crippen MR) is 50.5 cm³/mol. The molecule has 1 aliphatic rings. The number of amides is 1. The largest absolute Gasteiger partial charge is 0.368 e. The third-order valence-electron chi connectivity index (χ3n) is 1.69. The molecule has 0 radical (unpaired) electrons. The van der Waals surface area contributed by atoms with Crippen molar-refractivity contribution < 1.29 is 4.79 Å². The first-order chi connectivity index (χ1) is 5.59. The standard InChI is InChI=1S/C7H13N3OS/c1-4(6(8)11)9-7(12)10-5-2-3-5/h4-5H,2-3H2,1H3,(H2,8,11)(H2,9,10,12). The van der Waals surface area contributed by atoms with E-state index in [0.29, 0.717) is 11.2 Å². The quantitative estimate of drug-likeness (QED) is 0.520. The maximum atomic E-state index is 10.6. The second-order valence-electron chi connectivity index (χ2n) is 3.02. The average molecular weight is 187 g/mol. The first kappa shape index (κ1) is 9.25. The van der Waals surface area contributed by atoms with Gasteiger partial charge in [-0.3, -0.25) is 4.79 Å². The van der Waals surface area contributed by atoms with E-state index in [1.54, 1.807) is 6.92 Å². The van der Waals surface area contributed by atoms with Gasteiger partial charge in [-0.25, -0.2) is 0 Å². The van der Waals surface area contributed by atoms with Crippen molar-refractivity contribution >= 4 is 23.2 Å². The van der Waals surface area contributed by atoms with Crippen molar-refractivity contribution in [3.8, 4) is 0 Å². The number of nitrogens with two attached hydrogens (primary N) is 1. The van der Waals surface area contributed by atoms with Gasteiger partial charge in [0.25, 0.3) is 0 Å². The molecule has 0 aromatic rings. The van der Waals surface area contributed by atoms with E-state index in [9.17, 15) is 4.79 Å². The van der Waals surface area contributed by atoms with Crippen molar-refractivity contribution in [1.82, 2.24) is 10.6 Å². The molecule has 0 heterocycles. The lowest BCUT2D eigenvalue weighted by atomic mass is 10.3. The summed E-state index contributed by atoms with van der Waals surface area (Å²) >= 11 is 4.94. The summed E-state index contributed by atoms with van der Waals surface area (Å²) in [4.78, 5) is 10.6. The number of carbonyl (C=O) groups excluding carboxylic acids is 1. The highest BCUT2D eigenvalue weighted by Gasteiger charge is 2.22. The van der Waals surface area contributed by atoms with Crippen LogP contribution in [0.1, 0.15) is 19.8 Å². The van der Waals surface area contributed by atoms with Crippen molar-refractivity contribution in [3.05, 3.63) is 0 Å². The number of rotatable bonds is 3. The molecule has 0 aromatic carbocycles. The van der Waals surface area contributed by atoms with E-state index in [1.807, 2.05) is 0 Å². The Kier molecular flexibility index (Phi) is 2.86. The van der Waals surface area contributed by atoms with Gasteiger partial charge in [0.1, 0.15) is 6.04 Å². The lowest BCUT2D eigenvalue weighted by molar-refractivity contribution is -0.119. The first-order valence-corrected chi connectivity index (χ1v) is 4.37. The number of hydrogen-bond acceptors (Lipinski definition) is 2. The van der Waals surface area contributed by atoms with Gasteiger partial charge in [-0.05, 0) is 32.0 Å². The molecule has 4 N–H and O–H groups in total. The normalized spacial score (nSPS) is 18.1. The van der Waals surface area contributed by atoms with Crippen molar-refractivity contribution in [3.63, 3.8) is 0 Å². The molecule has 1 unspecified atom stereocenters. The average Bonchev–Trinajstić information content (AvgIpc) is 2.71. The molecule has 0 aromatic heterocycles. The van der Waals surface area contributed by atoms with E-state index in [0.717, 1.165) is 12.8 Å². The zero-order chi connectivity index (χ0) is 9.14. The smallest absolute Gasteiger partial charge is 0.239 e. The lowest BCUT2D eigenvalue weighted by Crippen LogP contribution is -2.47. The minimum Gasteiger partial charge on any atom is -0.368 e. The van der Waals surface area contributed by atoms with Crippen LogP contribution in [0.3, 0.4) is 0 Å². The van der Waals surface area contributed by atoms with Crippen LogP contribution in [0.25, 0.3) is 0 Å². The van der Waals surface area contributed by atoms with Gasteiger partial charge in [-0.1, -0.05) is 0 Å². The lowest BCUT2D eigenvalue weighted by Gasteiger charge is -2.13. The number of nitrogens with one attached hydrogen (secondary N) is 2. The molecule has 1 aliphatic carbocycles. The molecule has 68 valence electrons. The van der Waals surface area contributed by atoms with Crippen LogP contribution >= 0.6 is 12.2 Å². The Hall–Kier alpha value is -0.840. The van der Waals surface area contributed by atoms with Gasteiger partial charge in [-0.15, -0.1) is 0 Å². The highest BCUT2D eigenvalue weighted by molar-refractivity contribution is 7.80. The van der Waals surface area contributed by atoms with Crippen molar-refractivity contribution in [2.75, 3.05) is 0 Å². The molecule has 0 bridgehead atoms. The molecule has 1 fully saturated rings. The van der Waals surface area contributed by atoms with Gasteiger partial charge in [0.15, 0.2) is 5.11 Å². The van der Waals surface area contributed by atoms with Crippen LogP contribution in [-0.4, -0.2) is 23.1 Å². The van der Waals surface area contributed by atoms with E-state index in [-0.39, 0.29) is 0 Å². The summed E-state index contributed by atoms with van der Waals surface area (Å²) in [6.07, 6.45) is 2.32. The van der Waals surface area contributed by atoms with Gasteiger partial charge in [0.05, 0.1) is 0 Å². The Morgan fingerprint density at radius 3 is 2.67 bits per heavy atom. The van der Waals surface area contributed by atoms with Gasteiger partial charge in [-0.2, -0.15) is 0 Å². The van der Waals surface area contributed by atoms with Crippen molar-refractivity contribution in [1.29, 1.82) is 0 Å². The molecular formula is C7H13N3OS. The predicted octanol–water partition coefficient (Wildman–Crippen LogP) is -0.513. The minimum absolute atomic E-state index is 0.394. The van der Waals surface area contributed by atoms with E-state index in [1.165, 1.54) is 0 Å². The summed E-state index contributed by atoms with van der Waals surface area (Å²) in [6, 6.07) is 0.105. The molecule has 12 heavy (non-hydrogen) atoms. The Balaban J connectivity index is 2.19. The van der Waals surface area contributed by atoms with E-state index >= 15 is 0 Å².